The summed E-state index contributed by atoms with van der Waals surface area (Å²) in [6, 6.07) is -0.0159. The average molecular weight is 371 g/mol. The van der Waals surface area contributed by atoms with Crippen molar-refractivity contribution in [2.24, 2.45) is 0 Å². The molecule has 2 aromatic heterocycles. The van der Waals surface area contributed by atoms with Gasteiger partial charge in [-0.25, -0.2) is 9.48 Å². The Morgan fingerprint density at radius 2 is 2.04 bits per heavy atom. The van der Waals surface area contributed by atoms with Crippen LogP contribution in [-0.2, 0) is 4.79 Å². The smallest absolute Gasteiger partial charge is 0.410 e. The van der Waals surface area contributed by atoms with Crippen LogP contribution in [0.4, 0.5) is 19.0 Å². The third-order valence-electron chi connectivity index (χ3n) is 4.24. The van der Waals surface area contributed by atoms with Gasteiger partial charge in [-0.1, -0.05) is 0 Å². The van der Waals surface area contributed by atoms with Crippen molar-refractivity contribution in [3.63, 3.8) is 0 Å². The summed E-state index contributed by atoms with van der Waals surface area (Å²) in [5, 5.41) is 16.8. The third-order valence-corrected chi connectivity index (χ3v) is 4.24. The summed E-state index contributed by atoms with van der Waals surface area (Å²) < 4.78 is 41.6. The van der Waals surface area contributed by atoms with Crippen molar-refractivity contribution in [3.8, 4) is 0 Å². The number of hydrogen-bond acceptors (Lipinski definition) is 4. The minimum absolute atomic E-state index is 0.0434. The summed E-state index contributed by atoms with van der Waals surface area (Å²) in [6.45, 7) is 2.80. The predicted molar refractivity (Wildman–Crippen MR) is 82.9 cm³/mol. The Morgan fingerprint density at radius 1 is 1.35 bits per heavy atom. The van der Waals surface area contributed by atoms with Crippen LogP contribution < -0.4 is 4.90 Å². The van der Waals surface area contributed by atoms with Crippen molar-refractivity contribution in [2.45, 2.75) is 38.5 Å². The lowest BCUT2D eigenvalue weighted by molar-refractivity contribution is -0.172. The Labute approximate surface area is 145 Å². The standard InChI is InChI=1S/C15H16F3N5O3/c1-8-7-12-21(5-4-11(15(16,17)18)23(12)19-8)13(24)10-3-6-22(20-10)9(2)14(25)26/h3,6-7,9,11H,4-5H2,1-2H3,(H,25,26). The van der Waals surface area contributed by atoms with Gasteiger partial charge in [-0.3, -0.25) is 14.4 Å². The van der Waals surface area contributed by atoms with E-state index >= 15 is 0 Å². The van der Waals surface area contributed by atoms with Crippen LogP contribution in [0.3, 0.4) is 0 Å². The number of carbonyl (C=O) groups is 2. The van der Waals surface area contributed by atoms with E-state index in [4.69, 9.17) is 5.11 Å². The zero-order valence-electron chi connectivity index (χ0n) is 13.9. The average Bonchev–Trinajstić information content (AvgIpc) is 3.17. The zero-order chi connectivity index (χ0) is 19.2. The summed E-state index contributed by atoms with van der Waals surface area (Å²) in [5.74, 6) is -1.68. The zero-order valence-corrected chi connectivity index (χ0v) is 13.9. The molecule has 3 rings (SSSR count). The maximum atomic E-state index is 13.2. The van der Waals surface area contributed by atoms with Crippen molar-refractivity contribution in [3.05, 3.63) is 29.7 Å². The first-order chi connectivity index (χ1) is 12.1. The van der Waals surface area contributed by atoms with Gasteiger partial charge in [-0.15, -0.1) is 0 Å². The fraction of sp³-hybridized carbons (Fsp3) is 0.467. The maximum absolute atomic E-state index is 13.2. The molecule has 1 N–H and O–H groups in total. The highest BCUT2D eigenvalue weighted by Gasteiger charge is 2.46. The molecule has 0 radical (unpaired) electrons. The lowest BCUT2D eigenvalue weighted by Gasteiger charge is -2.33. The summed E-state index contributed by atoms with van der Waals surface area (Å²) in [4.78, 5) is 24.9. The molecule has 26 heavy (non-hydrogen) atoms. The number of carboxylic acid groups (broad SMARTS) is 1. The number of alkyl halides is 3. The number of halogens is 3. The van der Waals surface area contributed by atoms with Crippen LogP contribution in [0, 0.1) is 6.92 Å². The molecule has 2 atom stereocenters. The van der Waals surface area contributed by atoms with E-state index < -0.39 is 30.1 Å². The van der Waals surface area contributed by atoms with Gasteiger partial charge in [0.2, 0.25) is 0 Å². The lowest BCUT2D eigenvalue weighted by Crippen LogP contribution is -2.43. The van der Waals surface area contributed by atoms with Crippen LogP contribution in [0.5, 0.6) is 0 Å². The minimum atomic E-state index is -4.47. The van der Waals surface area contributed by atoms with E-state index in [-0.39, 0.29) is 24.5 Å². The molecule has 8 nitrogen and oxygen atoms in total. The van der Waals surface area contributed by atoms with Gasteiger partial charge in [-0.2, -0.15) is 23.4 Å². The topological polar surface area (TPSA) is 93.2 Å². The molecule has 0 saturated heterocycles. The molecule has 0 aliphatic carbocycles. The number of anilines is 1. The first-order valence-electron chi connectivity index (χ1n) is 7.82. The van der Waals surface area contributed by atoms with Crippen LogP contribution in [-0.4, -0.2) is 49.3 Å². The van der Waals surface area contributed by atoms with E-state index in [1.165, 1.54) is 30.2 Å². The van der Waals surface area contributed by atoms with Crippen molar-refractivity contribution in [1.29, 1.82) is 0 Å². The molecule has 2 aromatic rings. The normalized spacial score (nSPS) is 18.5. The monoisotopic (exact) mass is 371 g/mol. The van der Waals surface area contributed by atoms with E-state index in [1.807, 2.05) is 0 Å². The summed E-state index contributed by atoms with van der Waals surface area (Å²) in [5.41, 5.74) is 0.313. The number of amides is 1. The molecule has 140 valence electrons. The molecule has 0 aromatic carbocycles. The number of aliphatic carboxylic acids is 1. The second-order valence-electron chi connectivity index (χ2n) is 6.09. The molecule has 3 heterocycles. The van der Waals surface area contributed by atoms with Gasteiger partial charge in [-0.05, 0) is 26.3 Å². The van der Waals surface area contributed by atoms with E-state index in [9.17, 15) is 22.8 Å². The first kappa shape index (κ1) is 18.0. The number of hydrogen-bond donors (Lipinski definition) is 1. The van der Waals surface area contributed by atoms with Crippen molar-refractivity contribution >= 4 is 17.7 Å². The van der Waals surface area contributed by atoms with Crippen LogP contribution in [0.15, 0.2) is 18.3 Å². The number of fused-ring (bicyclic) bond motifs is 1. The molecule has 11 heteroatoms. The highest BCUT2D eigenvalue weighted by Crippen LogP contribution is 2.39. The molecular weight excluding hydrogens is 355 g/mol. The summed E-state index contributed by atoms with van der Waals surface area (Å²) >= 11 is 0. The Morgan fingerprint density at radius 3 is 2.65 bits per heavy atom. The lowest BCUT2D eigenvalue weighted by atomic mass is 10.1. The molecule has 1 aliphatic rings. The van der Waals surface area contributed by atoms with E-state index in [0.717, 1.165) is 9.36 Å². The van der Waals surface area contributed by atoms with Gasteiger partial charge in [0, 0.05) is 18.8 Å². The molecule has 1 aliphatic heterocycles. The number of carboxylic acids is 1. The Kier molecular flexibility index (Phi) is 4.24. The summed E-state index contributed by atoms with van der Waals surface area (Å²) in [7, 11) is 0. The van der Waals surface area contributed by atoms with Crippen LogP contribution >= 0.6 is 0 Å². The van der Waals surface area contributed by atoms with E-state index in [0.29, 0.717) is 5.69 Å². The van der Waals surface area contributed by atoms with Crippen LogP contribution in [0.2, 0.25) is 0 Å². The van der Waals surface area contributed by atoms with Gasteiger partial charge in [0.25, 0.3) is 5.91 Å². The highest BCUT2D eigenvalue weighted by molar-refractivity contribution is 6.04. The summed E-state index contributed by atoms with van der Waals surface area (Å²) in [6.07, 6.45) is -3.45. The van der Waals surface area contributed by atoms with Gasteiger partial charge < -0.3 is 5.11 Å². The largest absolute Gasteiger partial charge is 0.480 e. The van der Waals surface area contributed by atoms with Gasteiger partial charge in [0.15, 0.2) is 11.7 Å². The van der Waals surface area contributed by atoms with Crippen molar-refractivity contribution < 1.29 is 27.9 Å². The van der Waals surface area contributed by atoms with Crippen molar-refractivity contribution in [1.82, 2.24) is 19.6 Å². The molecule has 0 saturated carbocycles. The van der Waals surface area contributed by atoms with E-state index in [1.54, 1.807) is 6.92 Å². The number of carbonyl (C=O) groups excluding carboxylic acids is 1. The quantitative estimate of drug-likeness (QED) is 0.893. The van der Waals surface area contributed by atoms with Gasteiger partial charge in [0.05, 0.1) is 5.69 Å². The molecular formula is C15H16F3N5O3. The molecule has 2 unspecified atom stereocenters. The fourth-order valence-electron chi connectivity index (χ4n) is 2.85. The van der Waals surface area contributed by atoms with Gasteiger partial charge >= 0.3 is 12.1 Å². The fourth-order valence-corrected chi connectivity index (χ4v) is 2.85. The minimum Gasteiger partial charge on any atom is -0.480 e. The molecule has 1 amide bonds. The number of aromatic nitrogens is 4. The van der Waals surface area contributed by atoms with E-state index in [2.05, 4.69) is 10.2 Å². The van der Waals surface area contributed by atoms with Crippen molar-refractivity contribution in [2.75, 3.05) is 11.4 Å². The second-order valence-corrected chi connectivity index (χ2v) is 6.09. The molecule has 0 spiro atoms. The van der Waals surface area contributed by atoms with Crippen LogP contribution in [0.1, 0.15) is 41.6 Å². The predicted octanol–water partition coefficient (Wildman–Crippen LogP) is 2.19. The Hall–Kier alpha value is -2.85. The SMILES string of the molecule is Cc1cc2n(n1)C(C(F)(F)F)CCN2C(=O)c1ccn(C(C)C(=O)O)n1. The molecule has 0 bridgehead atoms. The Balaban J connectivity index is 1.92. The Bertz CT molecular complexity index is 857. The second kappa shape index (κ2) is 6.15. The first-order valence-corrected chi connectivity index (χ1v) is 7.82. The highest BCUT2D eigenvalue weighted by atomic mass is 19.4. The number of nitrogens with zero attached hydrogens (tertiary/aromatic N) is 5. The number of aryl methyl sites for hydroxylation is 1. The molecule has 0 fully saturated rings. The maximum Gasteiger partial charge on any atom is 0.410 e. The van der Waals surface area contributed by atoms with Crippen LogP contribution in [0.25, 0.3) is 0 Å². The number of rotatable bonds is 3. The van der Waals surface area contributed by atoms with Gasteiger partial charge in [0.1, 0.15) is 11.9 Å². The third kappa shape index (κ3) is 3.04.